The Morgan fingerprint density at radius 3 is 2.93 bits per heavy atom. The molecule has 1 saturated heterocycles. The highest BCUT2D eigenvalue weighted by atomic mass is 19.1. The van der Waals surface area contributed by atoms with Crippen molar-refractivity contribution in [3.63, 3.8) is 0 Å². The van der Waals surface area contributed by atoms with Crippen LogP contribution in [-0.2, 0) is 4.79 Å². The third-order valence-electron chi connectivity index (χ3n) is 2.46. The molecule has 1 aliphatic heterocycles. The highest BCUT2D eigenvalue weighted by Gasteiger charge is 2.24. The number of nitrogens with two attached hydrogens (primary N) is 1. The Hall–Kier alpha value is -1.58. The number of rotatable bonds is 1. The van der Waals surface area contributed by atoms with E-state index in [1.165, 1.54) is 6.07 Å². The van der Waals surface area contributed by atoms with E-state index in [-0.39, 0.29) is 17.6 Å². The summed E-state index contributed by atoms with van der Waals surface area (Å²) >= 11 is 0. The van der Waals surface area contributed by atoms with Gasteiger partial charge in [0, 0.05) is 12.0 Å². The topological polar surface area (TPSA) is 55.1 Å². The molecule has 14 heavy (non-hydrogen) atoms. The minimum atomic E-state index is -0.427. The zero-order chi connectivity index (χ0) is 10.1. The number of para-hydroxylation sites is 1. The molecular formula is C10H11FN2O. The number of nitrogen functional groups attached to an aromatic ring is 1. The zero-order valence-corrected chi connectivity index (χ0v) is 7.59. The summed E-state index contributed by atoms with van der Waals surface area (Å²) in [5, 5.41) is 2.75. The third-order valence-corrected chi connectivity index (χ3v) is 2.46. The summed E-state index contributed by atoms with van der Waals surface area (Å²) in [7, 11) is 0. The molecule has 0 radical (unpaired) electrons. The molecule has 1 amide bonds. The molecule has 3 nitrogen and oxygen atoms in total. The van der Waals surface area contributed by atoms with Crippen molar-refractivity contribution in [3.8, 4) is 0 Å². The fourth-order valence-electron chi connectivity index (χ4n) is 1.70. The number of halogens is 1. The van der Waals surface area contributed by atoms with Gasteiger partial charge in [-0.3, -0.25) is 4.79 Å². The van der Waals surface area contributed by atoms with E-state index in [2.05, 4.69) is 5.32 Å². The molecule has 1 unspecified atom stereocenters. The van der Waals surface area contributed by atoms with Gasteiger partial charge in [0.15, 0.2) is 0 Å². The van der Waals surface area contributed by atoms with Gasteiger partial charge in [-0.2, -0.15) is 0 Å². The van der Waals surface area contributed by atoms with E-state index >= 15 is 0 Å². The van der Waals surface area contributed by atoms with Crippen molar-refractivity contribution in [1.29, 1.82) is 0 Å². The van der Waals surface area contributed by atoms with Crippen LogP contribution in [0.4, 0.5) is 10.1 Å². The summed E-state index contributed by atoms with van der Waals surface area (Å²) in [6.45, 7) is 0. The lowest BCUT2D eigenvalue weighted by molar-refractivity contribution is -0.119. The summed E-state index contributed by atoms with van der Waals surface area (Å²) in [5.41, 5.74) is 6.40. The van der Waals surface area contributed by atoms with Crippen molar-refractivity contribution in [1.82, 2.24) is 5.32 Å². The number of hydrogen-bond acceptors (Lipinski definition) is 2. The van der Waals surface area contributed by atoms with Crippen molar-refractivity contribution in [2.75, 3.05) is 5.73 Å². The van der Waals surface area contributed by atoms with Crippen LogP contribution in [0.5, 0.6) is 0 Å². The largest absolute Gasteiger partial charge is 0.396 e. The lowest BCUT2D eigenvalue weighted by Gasteiger charge is -2.13. The number of benzene rings is 1. The molecule has 2 rings (SSSR count). The molecule has 1 aliphatic rings. The van der Waals surface area contributed by atoms with Gasteiger partial charge in [-0.05, 0) is 12.5 Å². The second-order valence-corrected chi connectivity index (χ2v) is 3.40. The quantitative estimate of drug-likeness (QED) is 0.663. The maximum atomic E-state index is 13.1. The average Bonchev–Trinajstić information content (AvgIpc) is 2.57. The Labute approximate surface area is 81.1 Å². The molecule has 4 heteroatoms. The van der Waals surface area contributed by atoms with Gasteiger partial charge in [0.05, 0.1) is 11.7 Å². The maximum absolute atomic E-state index is 13.1. The van der Waals surface area contributed by atoms with Crippen LogP contribution in [0.1, 0.15) is 24.4 Å². The van der Waals surface area contributed by atoms with Crippen LogP contribution in [0.3, 0.4) is 0 Å². The molecule has 0 aromatic heterocycles. The van der Waals surface area contributed by atoms with Crippen molar-refractivity contribution in [3.05, 3.63) is 29.6 Å². The standard InChI is InChI=1S/C10H11FN2O/c11-7-3-1-2-6(10(7)12)8-4-5-9(14)13-8/h1-3,8H,4-5,12H2,(H,13,14). The van der Waals surface area contributed by atoms with Crippen molar-refractivity contribution in [2.24, 2.45) is 0 Å². The van der Waals surface area contributed by atoms with E-state index in [9.17, 15) is 9.18 Å². The van der Waals surface area contributed by atoms with Crippen LogP contribution < -0.4 is 11.1 Å². The number of amides is 1. The maximum Gasteiger partial charge on any atom is 0.220 e. The first-order valence-electron chi connectivity index (χ1n) is 4.51. The second-order valence-electron chi connectivity index (χ2n) is 3.40. The Morgan fingerprint density at radius 1 is 1.50 bits per heavy atom. The number of carbonyl (C=O) groups excluding carboxylic acids is 1. The Bertz CT molecular complexity index is 378. The molecule has 0 spiro atoms. The molecule has 74 valence electrons. The van der Waals surface area contributed by atoms with Crippen LogP contribution in [0, 0.1) is 5.82 Å². The van der Waals surface area contributed by atoms with Crippen molar-refractivity contribution < 1.29 is 9.18 Å². The minimum absolute atomic E-state index is 0.00124. The van der Waals surface area contributed by atoms with Gasteiger partial charge < -0.3 is 11.1 Å². The summed E-state index contributed by atoms with van der Waals surface area (Å²) in [6.07, 6.45) is 1.17. The van der Waals surface area contributed by atoms with Crippen LogP contribution in [0.15, 0.2) is 18.2 Å². The van der Waals surface area contributed by atoms with Crippen molar-refractivity contribution >= 4 is 11.6 Å². The molecule has 3 N–H and O–H groups in total. The number of nitrogens with one attached hydrogen (secondary N) is 1. The zero-order valence-electron chi connectivity index (χ0n) is 7.59. The Morgan fingerprint density at radius 2 is 2.29 bits per heavy atom. The SMILES string of the molecule is Nc1c(F)cccc1C1CCC(=O)N1. The summed E-state index contributed by atoms with van der Waals surface area (Å²) in [5.74, 6) is -0.428. The fraction of sp³-hybridized carbons (Fsp3) is 0.300. The van der Waals surface area contributed by atoms with E-state index in [1.807, 2.05) is 0 Å². The monoisotopic (exact) mass is 194 g/mol. The normalized spacial score (nSPS) is 20.9. The van der Waals surface area contributed by atoms with Crippen LogP contribution in [0.25, 0.3) is 0 Å². The van der Waals surface area contributed by atoms with E-state index in [1.54, 1.807) is 12.1 Å². The minimum Gasteiger partial charge on any atom is -0.396 e. The summed E-state index contributed by atoms with van der Waals surface area (Å²) in [4.78, 5) is 11.0. The van der Waals surface area contributed by atoms with E-state index in [4.69, 9.17) is 5.73 Å². The van der Waals surface area contributed by atoms with Gasteiger partial charge in [-0.1, -0.05) is 12.1 Å². The van der Waals surface area contributed by atoms with E-state index < -0.39 is 5.82 Å². The lowest BCUT2D eigenvalue weighted by Crippen LogP contribution is -2.19. The smallest absolute Gasteiger partial charge is 0.220 e. The predicted octanol–water partition coefficient (Wildman–Crippen LogP) is 1.36. The summed E-state index contributed by atoms with van der Waals surface area (Å²) in [6, 6.07) is 4.54. The molecule has 0 bridgehead atoms. The van der Waals surface area contributed by atoms with Gasteiger partial charge in [0.2, 0.25) is 5.91 Å². The van der Waals surface area contributed by atoms with E-state index in [0.29, 0.717) is 18.4 Å². The van der Waals surface area contributed by atoms with Crippen molar-refractivity contribution in [2.45, 2.75) is 18.9 Å². The van der Waals surface area contributed by atoms with Gasteiger partial charge in [0.1, 0.15) is 5.82 Å². The molecule has 0 saturated carbocycles. The average molecular weight is 194 g/mol. The molecule has 1 aromatic carbocycles. The predicted molar refractivity (Wildman–Crippen MR) is 50.9 cm³/mol. The molecule has 1 fully saturated rings. The second kappa shape index (κ2) is 3.29. The first-order valence-corrected chi connectivity index (χ1v) is 4.51. The number of hydrogen-bond donors (Lipinski definition) is 2. The molecular weight excluding hydrogens is 183 g/mol. The van der Waals surface area contributed by atoms with Crippen LogP contribution >= 0.6 is 0 Å². The van der Waals surface area contributed by atoms with Gasteiger partial charge in [0.25, 0.3) is 0 Å². The van der Waals surface area contributed by atoms with Gasteiger partial charge in [-0.25, -0.2) is 4.39 Å². The molecule has 1 aromatic rings. The fourth-order valence-corrected chi connectivity index (χ4v) is 1.70. The first kappa shape index (κ1) is 8.99. The molecule has 1 atom stereocenters. The lowest BCUT2D eigenvalue weighted by atomic mass is 10.0. The highest BCUT2D eigenvalue weighted by molar-refractivity contribution is 5.79. The van der Waals surface area contributed by atoms with Gasteiger partial charge >= 0.3 is 0 Å². The van der Waals surface area contributed by atoms with Crippen LogP contribution in [-0.4, -0.2) is 5.91 Å². The number of anilines is 1. The summed E-state index contributed by atoms with van der Waals surface area (Å²) < 4.78 is 13.1. The highest BCUT2D eigenvalue weighted by Crippen LogP contribution is 2.29. The molecule has 1 heterocycles. The van der Waals surface area contributed by atoms with E-state index in [0.717, 1.165) is 0 Å². The number of carbonyl (C=O) groups is 1. The first-order chi connectivity index (χ1) is 6.68. The Kier molecular flexibility index (Phi) is 2.11. The molecule has 0 aliphatic carbocycles. The third kappa shape index (κ3) is 1.43. The Balaban J connectivity index is 2.32. The van der Waals surface area contributed by atoms with Gasteiger partial charge in [-0.15, -0.1) is 0 Å². The van der Waals surface area contributed by atoms with Crippen LogP contribution in [0.2, 0.25) is 0 Å².